The summed E-state index contributed by atoms with van der Waals surface area (Å²) in [4.78, 5) is 27.0. The maximum atomic E-state index is 13.4. The van der Waals surface area contributed by atoms with Gasteiger partial charge in [-0.3, -0.25) is 4.79 Å². The summed E-state index contributed by atoms with van der Waals surface area (Å²) in [7, 11) is 1.61. The fourth-order valence-electron chi connectivity index (χ4n) is 4.20. The van der Waals surface area contributed by atoms with Gasteiger partial charge >= 0.3 is 6.16 Å². The number of anilines is 1. The SMILES string of the molecule is COc1cccc2c1N(C(=O)[C@@H](N)Cc1c(C)cc(OC(=O)OCC(C)C)cc1C)CCC2. The minimum absolute atomic E-state index is 0.128. The molecule has 7 heteroatoms. The zero-order chi connectivity index (χ0) is 24.1. The Morgan fingerprint density at radius 1 is 1.15 bits per heavy atom. The van der Waals surface area contributed by atoms with Crippen LogP contribution in [0.15, 0.2) is 30.3 Å². The lowest BCUT2D eigenvalue weighted by atomic mass is 9.94. The van der Waals surface area contributed by atoms with Crippen LogP contribution in [0.3, 0.4) is 0 Å². The number of carbonyl (C=O) groups is 2. The average Bonchev–Trinajstić information content (AvgIpc) is 2.78. The number of amides is 1. The standard InChI is InChI=1S/C26H34N2O5/c1-16(2)15-32-26(30)33-20-12-17(3)21(18(4)13-20)14-22(27)25(29)28-11-7-9-19-8-6-10-23(31-5)24(19)28/h6,8,10,12-13,16,22H,7,9,11,14-15,27H2,1-5H3/t22-/m0/s1. The second-order valence-corrected chi connectivity index (χ2v) is 8.96. The summed E-state index contributed by atoms with van der Waals surface area (Å²) in [6, 6.07) is 8.68. The average molecular weight is 455 g/mol. The van der Waals surface area contributed by atoms with Gasteiger partial charge < -0.3 is 24.8 Å². The Morgan fingerprint density at radius 3 is 2.48 bits per heavy atom. The molecule has 2 aromatic rings. The molecule has 0 bridgehead atoms. The smallest absolute Gasteiger partial charge is 0.495 e. The van der Waals surface area contributed by atoms with Crippen molar-refractivity contribution in [2.24, 2.45) is 11.7 Å². The van der Waals surface area contributed by atoms with E-state index in [9.17, 15) is 9.59 Å². The molecule has 1 heterocycles. The van der Waals surface area contributed by atoms with Gasteiger partial charge in [0, 0.05) is 6.54 Å². The van der Waals surface area contributed by atoms with E-state index in [1.165, 1.54) is 0 Å². The molecule has 0 saturated heterocycles. The Bertz CT molecular complexity index is 980. The molecule has 33 heavy (non-hydrogen) atoms. The van der Waals surface area contributed by atoms with E-state index in [-0.39, 0.29) is 11.8 Å². The summed E-state index contributed by atoms with van der Waals surface area (Å²) < 4.78 is 15.9. The summed E-state index contributed by atoms with van der Waals surface area (Å²) in [5, 5.41) is 0. The largest absolute Gasteiger partial charge is 0.513 e. The zero-order valence-electron chi connectivity index (χ0n) is 20.1. The minimum Gasteiger partial charge on any atom is -0.495 e. The van der Waals surface area contributed by atoms with Crippen molar-refractivity contribution in [2.75, 3.05) is 25.2 Å². The summed E-state index contributed by atoms with van der Waals surface area (Å²) in [5.74, 6) is 1.20. The van der Waals surface area contributed by atoms with Gasteiger partial charge in [-0.05, 0) is 79.5 Å². The van der Waals surface area contributed by atoms with Crippen molar-refractivity contribution < 1.29 is 23.8 Å². The Labute approximate surface area is 195 Å². The molecular formula is C26H34N2O5. The van der Waals surface area contributed by atoms with Gasteiger partial charge in [-0.25, -0.2) is 4.79 Å². The highest BCUT2D eigenvalue weighted by molar-refractivity contribution is 5.99. The highest BCUT2D eigenvalue weighted by Gasteiger charge is 2.30. The van der Waals surface area contributed by atoms with Gasteiger partial charge in [0.25, 0.3) is 0 Å². The van der Waals surface area contributed by atoms with Gasteiger partial charge in [0.15, 0.2) is 0 Å². The molecule has 0 aliphatic carbocycles. The molecule has 178 valence electrons. The molecule has 2 aromatic carbocycles. The molecule has 0 unspecified atom stereocenters. The molecule has 7 nitrogen and oxygen atoms in total. The van der Waals surface area contributed by atoms with E-state index < -0.39 is 12.2 Å². The van der Waals surface area contributed by atoms with Crippen LogP contribution in [0.4, 0.5) is 10.5 Å². The lowest BCUT2D eigenvalue weighted by Crippen LogP contribution is -2.47. The summed E-state index contributed by atoms with van der Waals surface area (Å²) >= 11 is 0. The predicted molar refractivity (Wildman–Crippen MR) is 128 cm³/mol. The molecule has 0 saturated carbocycles. The first-order valence-corrected chi connectivity index (χ1v) is 11.4. The Kier molecular flexibility index (Phi) is 7.97. The number of fused-ring (bicyclic) bond motifs is 1. The van der Waals surface area contributed by atoms with Gasteiger partial charge in [0.1, 0.15) is 11.5 Å². The van der Waals surface area contributed by atoms with E-state index in [0.29, 0.717) is 31.1 Å². The Balaban J connectivity index is 1.74. The first-order chi connectivity index (χ1) is 15.7. The van der Waals surface area contributed by atoms with Crippen LogP contribution in [0.5, 0.6) is 11.5 Å². The van der Waals surface area contributed by atoms with Crippen molar-refractivity contribution in [1.29, 1.82) is 0 Å². The van der Waals surface area contributed by atoms with Crippen LogP contribution in [0.25, 0.3) is 0 Å². The van der Waals surface area contributed by atoms with Crippen LogP contribution in [-0.2, 0) is 22.4 Å². The molecule has 0 radical (unpaired) electrons. The molecular weight excluding hydrogens is 420 g/mol. The lowest BCUT2D eigenvalue weighted by Gasteiger charge is -2.32. The number of rotatable bonds is 7. The first kappa shape index (κ1) is 24.6. The lowest BCUT2D eigenvalue weighted by molar-refractivity contribution is -0.119. The third kappa shape index (κ3) is 5.85. The van der Waals surface area contributed by atoms with Crippen molar-refractivity contribution in [3.63, 3.8) is 0 Å². The number of hydrogen-bond acceptors (Lipinski definition) is 6. The number of hydrogen-bond donors (Lipinski definition) is 1. The van der Waals surface area contributed by atoms with E-state index in [4.69, 9.17) is 19.9 Å². The molecule has 0 fully saturated rings. The van der Waals surface area contributed by atoms with Crippen LogP contribution >= 0.6 is 0 Å². The van der Waals surface area contributed by atoms with Gasteiger partial charge in [-0.2, -0.15) is 0 Å². The second kappa shape index (κ2) is 10.7. The highest BCUT2D eigenvalue weighted by atomic mass is 16.7. The van der Waals surface area contributed by atoms with E-state index >= 15 is 0 Å². The van der Waals surface area contributed by atoms with E-state index in [0.717, 1.165) is 40.8 Å². The first-order valence-electron chi connectivity index (χ1n) is 11.4. The summed E-state index contributed by atoms with van der Waals surface area (Å²) in [6.07, 6.45) is 1.45. The Hall–Kier alpha value is -3.06. The van der Waals surface area contributed by atoms with Crippen molar-refractivity contribution in [1.82, 2.24) is 0 Å². The normalized spacial score (nSPS) is 14.0. The number of ether oxygens (including phenoxy) is 3. The van der Waals surface area contributed by atoms with Crippen LogP contribution in [-0.4, -0.2) is 38.4 Å². The fourth-order valence-corrected chi connectivity index (χ4v) is 4.20. The fraction of sp³-hybridized carbons (Fsp3) is 0.462. The maximum absolute atomic E-state index is 13.4. The molecule has 1 atom stereocenters. The third-order valence-corrected chi connectivity index (χ3v) is 5.81. The second-order valence-electron chi connectivity index (χ2n) is 8.96. The molecule has 2 N–H and O–H groups in total. The topological polar surface area (TPSA) is 91.1 Å². The van der Waals surface area contributed by atoms with Gasteiger partial charge in [-0.1, -0.05) is 26.0 Å². The van der Waals surface area contributed by atoms with Gasteiger partial charge in [0.05, 0.1) is 25.4 Å². The van der Waals surface area contributed by atoms with Gasteiger partial charge in [-0.15, -0.1) is 0 Å². The van der Waals surface area contributed by atoms with Crippen molar-refractivity contribution in [2.45, 2.75) is 53.0 Å². The number of nitrogens with two attached hydrogens (primary N) is 1. The molecule has 1 aliphatic heterocycles. The minimum atomic E-state index is -0.722. The maximum Gasteiger partial charge on any atom is 0.513 e. The van der Waals surface area contributed by atoms with Crippen molar-refractivity contribution in [3.05, 3.63) is 52.6 Å². The quantitative estimate of drug-likeness (QED) is 0.495. The number of aryl methyl sites for hydroxylation is 3. The van der Waals surface area contributed by atoms with Gasteiger partial charge in [0.2, 0.25) is 5.91 Å². The number of benzene rings is 2. The van der Waals surface area contributed by atoms with Crippen LogP contribution in [0.2, 0.25) is 0 Å². The predicted octanol–water partition coefficient (Wildman–Crippen LogP) is 4.33. The van der Waals surface area contributed by atoms with E-state index in [1.807, 2.05) is 45.9 Å². The van der Waals surface area contributed by atoms with Crippen LogP contribution < -0.4 is 20.1 Å². The van der Waals surface area contributed by atoms with Crippen LogP contribution in [0, 0.1) is 19.8 Å². The van der Waals surface area contributed by atoms with Crippen LogP contribution in [0.1, 0.15) is 42.5 Å². The molecule has 1 aliphatic rings. The number of carbonyl (C=O) groups excluding carboxylic acids is 2. The molecule has 0 aromatic heterocycles. The number of para-hydroxylation sites is 1. The number of nitrogens with zero attached hydrogens (tertiary/aromatic N) is 1. The van der Waals surface area contributed by atoms with Crippen molar-refractivity contribution in [3.8, 4) is 11.5 Å². The number of methoxy groups -OCH3 is 1. The Morgan fingerprint density at radius 2 is 1.85 bits per heavy atom. The highest BCUT2D eigenvalue weighted by Crippen LogP contribution is 2.36. The monoisotopic (exact) mass is 454 g/mol. The summed E-state index contributed by atoms with van der Waals surface area (Å²) in [5.41, 5.74) is 11.1. The molecule has 3 rings (SSSR count). The van der Waals surface area contributed by atoms with E-state index in [2.05, 4.69) is 0 Å². The molecule has 0 spiro atoms. The third-order valence-electron chi connectivity index (χ3n) is 5.81. The van der Waals surface area contributed by atoms with E-state index in [1.54, 1.807) is 24.1 Å². The summed E-state index contributed by atoms with van der Waals surface area (Å²) in [6.45, 7) is 8.68. The molecule has 1 amide bonds. The zero-order valence-corrected chi connectivity index (χ0v) is 20.1. The van der Waals surface area contributed by atoms with Crippen molar-refractivity contribution >= 4 is 17.7 Å².